The summed E-state index contributed by atoms with van der Waals surface area (Å²) in [5.41, 5.74) is 1.76. The van der Waals surface area contributed by atoms with Gasteiger partial charge in [0.2, 0.25) is 0 Å². The van der Waals surface area contributed by atoms with Gasteiger partial charge in [0, 0.05) is 25.7 Å². The van der Waals surface area contributed by atoms with E-state index in [0.29, 0.717) is 6.04 Å². The number of likely N-dealkylation sites (N-methyl/N-ethyl adjacent to an activating group) is 1. The van der Waals surface area contributed by atoms with E-state index in [-0.39, 0.29) is 0 Å². The monoisotopic (exact) mass is 226 g/mol. The number of hydrogen-bond donors (Lipinski definition) is 1. The Bertz CT molecular complexity index is 300. The van der Waals surface area contributed by atoms with Gasteiger partial charge in [-0.1, -0.05) is 17.2 Å². The molecule has 0 aliphatic rings. The van der Waals surface area contributed by atoms with Crippen LogP contribution >= 0.6 is 0 Å². The van der Waals surface area contributed by atoms with E-state index in [1.807, 2.05) is 6.92 Å². The van der Waals surface area contributed by atoms with Crippen LogP contribution in [0.3, 0.4) is 0 Å². The highest BCUT2D eigenvalue weighted by Gasteiger charge is 2.07. The number of aryl methyl sites for hydroxylation is 1. The first-order valence-electron chi connectivity index (χ1n) is 5.84. The zero-order chi connectivity index (χ0) is 12.0. The van der Waals surface area contributed by atoms with Crippen LogP contribution in [0.1, 0.15) is 31.7 Å². The molecule has 1 unspecified atom stereocenters. The highest BCUT2D eigenvalue weighted by Crippen LogP contribution is 2.00. The Morgan fingerprint density at radius 1 is 1.44 bits per heavy atom. The molecule has 92 valence electrons. The van der Waals surface area contributed by atoms with Crippen LogP contribution in [-0.4, -0.2) is 41.4 Å². The fraction of sp³-hybridized carbons (Fsp3) is 0.818. The van der Waals surface area contributed by atoms with Crippen LogP contribution in [0.15, 0.2) is 4.63 Å². The smallest absolute Gasteiger partial charge is 0.121 e. The van der Waals surface area contributed by atoms with Crippen molar-refractivity contribution in [2.24, 2.45) is 0 Å². The normalized spacial score (nSPS) is 13.3. The van der Waals surface area contributed by atoms with Crippen molar-refractivity contribution in [2.45, 2.75) is 39.8 Å². The third-order valence-corrected chi connectivity index (χ3v) is 3.02. The summed E-state index contributed by atoms with van der Waals surface area (Å²) in [5.74, 6) is 0. The molecule has 1 aromatic heterocycles. The summed E-state index contributed by atoms with van der Waals surface area (Å²) < 4.78 is 4.63. The van der Waals surface area contributed by atoms with Gasteiger partial charge in [0.25, 0.3) is 0 Å². The van der Waals surface area contributed by atoms with Gasteiger partial charge in [0.1, 0.15) is 11.4 Å². The van der Waals surface area contributed by atoms with Crippen LogP contribution in [0.5, 0.6) is 0 Å². The molecule has 0 aromatic carbocycles. The van der Waals surface area contributed by atoms with E-state index >= 15 is 0 Å². The molecule has 5 heteroatoms. The summed E-state index contributed by atoms with van der Waals surface area (Å²) in [7, 11) is 2.15. The highest BCUT2D eigenvalue weighted by molar-refractivity contribution is 5.03. The maximum Gasteiger partial charge on any atom is 0.121 e. The first-order chi connectivity index (χ1) is 7.65. The summed E-state index contributed by atoms with van der Waals surface area (Å²) in [6, 6.07) is 0.636. The van der Waals surface area contributed by atoms with E-state index in [9.17, 15) is 0 Å². The Balaban J connectivity index is 2.15. The molecule has 0 radical (unpaired) electrons. The lowest BCUT2D eigenvalue weighted by atomic mass is 10.2. The molecule has 0 saturated carbocycles. The Morgan fingerprint density at radius 2 is 2.19 bits per heavy atom. The molecule has 0 saturated heterocycles. The Labute approximate surface area is 97.2 Å². The average molecular weight is 226 g/mol. The van der Waals surface area contributed by atoms with E-state index in [2.05, 4.69) is 46.1 Å². The molecule has 5 nitrogen and oxygen atoms in total. The lowest BCUT2D eigenvalue weighted by Crippen LogP contribution is -2.34. The van der Waals surface area contributed by atoms with Crippen molar-refractivity contribution in [3.05, 3.63) is 11.4 Å². The van der Waals surface area contributed by atoms with Gasteiger partial charge in [-0.15, -0.1) is 0 Å². The van der Waals surface area contributed by atoms with Gasteiger partial charge >= 0.3 is 0 Å². The molecule has 16 heavy (non-hydrogen) atoms. The maximum atomic E-state index is 4.63. The summed E-state index contributed by atoms with van der Waals surface area (Å²) in [6.07, 6.45) is 1.18. The molecule has 0 spiro atoms. The minimum Gasteiger partial charge on any atom is -0.310 e. The Kier molecular flexibility index (Phi) is 5.42. The molecule has 1 rings (SSSR count). The third-order valence-electron chi connectivity index (χ3n) is 3.02. The second kappa shape index (κ2) is 6.60. The predicted molar refractivity (Wildman–Crippen MR) is 63.1 cm³/mol. The molecule has 0 bridgehead atoms. The van der Waals surface area contributed by atoms with E-state index < -0.39 is 0 Å². The van der Waals surface area contributed by atoms with Crippen molar-refractivity contribution in [1.29, 1.82) is 0 Å². The van der Waals surface area contributed by atoms with Gasteiger partial charge in [0.15, 0.2) is 0 Å². The second-order valence-corrected chi connectivity index (χ2v) is 4.21. The third kappa shape index (κ3) is 3.90. The molecule has 1 N–H and O–H groups in total. The molecule has 0 aliphatic heterocycles. The summed E-state index contributed by atoms with van der Waals surface area (Å²) in [4.78, 5) is 2.35. The number of nitrogens with zero attached hydrogens (tertiary/aromatic N) is 3. The maximum absolute atomic E-state index is 4.63. The van der Waals surface area contributed by atoms with Gasteiger partial charge in [0.05, 0.1) is 0 Å². The number of rotatable bonds is 7. The van der Waals surface area contributed by atoms with E-state index in [1.165, 1.54) is 6.42 Å². The van der Waals surface area contributed by atoms with Crippen molar-refractivity contribution >= 4 is 0 Å². The van der Waals surface area contributed by atoms with Crippen LogP contribution < -0.4 is 5.32 Å². The minimum atomic E-state index is 0.636. The Hall–Kier alpha value is -0.940. The fourth-order valence-corrected chi connectivity index (χ4v) is 1.40. The molecule has 0 amide bonds. The molecule has 1 aromatic rings. The molecule has 1 atom stereocenters. The Morgan fingerprint density at radius 3 is 2.75 bits per heavy atom. The van der Waals surface area contributed by atoms with Gasteiger partial charge in [-0.05, 0) is 27.3 Å². The van der Waals surface area contributed by atoms with Crippen molar-refractivity contribution < 1.29 is 4.63 Å². The molecule has 0 fully saturated rings. The minimum absolute atomic E-state index is 0.636. The first kappa shape index (κ1) is 13.1. The quantitative estimate of drug-likeness (QED) is 0.708. The number of hydrogen-bond acceptors (Lipinski definition) is 5. The van der Waals surface area contributed by atoms with Crippen LogP contribution in [0.2, 0.25) is 0 Å². The lowest BCUT2D eigenvalue weighted by molar-refractivity contribution is 0.251. The van der Waals surface area contributed by atoms with Crippen molar-refractivity contribution in [3.63, 3.8) is 0 Å². The summed E-state index contributed by atoms with van der Waals surface area (Å²) in [5, 5.41) is 10.9. The van der Waals surface area contributed by atoms with E-state index in [1.54, 1.807) is 0 Å². The first-order valence-corrected chi connectivity index (χ1v) is 5.84. The van der Waals surface area contributed by atoms with E-state index in [4.69, 9.17) is 0 Å². The van der Waals surface area contributed by atoms with Gasteiger partial charge in [-0.2, -0.15) is 0 Å². The van der Waals surface area contributed by atoms with Gasteiger partial charge in [-0.3, -0.25) is 0 Å². The van der Waals surface area contributed by atoms with Crippen LogP contribution in [0.4, 0.5) is 0 Å². The van der Waals surface area contributed by atoms with Crippen molar-refractivity contribution in [1.82, 2.24) is 20.5 Å². The number of nitrogens with one attached hydrogen (secondary N) is 1. The van der Waals surface area contributed by atoms with Crippen molar-refractivity contribution in [3.8, 4) is 0 Å². The zero-order valence-electron chi connectivity index (χ0n) is 10.7. The lowest BCUT2D eigenvalue weighted by Gasteiger charge is -2.23. The SMILES string of the molecule is CCC(C)N(C)CCNCc1nonc1C. The van der Waals surface area contributed by atoms with E-state index in [0.717, 1.165) is 31.0 Å². The standard InChI is InChI=1S/C11H22N4O/c1-5-9(2)15(4)7-6-12-8-11-10(3)13-16-14-11/h9,12H,5-8H2,1-4H3. The van der Waals surface area contributed by atoms with Gasteiger partial charge in [-0.25, -0.2) is 4.63 Å². The average Bonchev–Trinajstić information content (AvgIpc) is 2.69. The molecule has 1 heterocycles. The summed E-state index contributed by atoms with van der Waals surface area (Å²) in [6.45, 7) is 9.07. The second-order valence-electron chi connectivity index (χ2n) is 4.21. The van der Waals surface area contributed by atoms with Crippen LogP contribution in [0, 0.1) is 6.92 Å². The largest absolute Gasteiger partial charge is 0.310 e. The van der Waals surface area contributed by atoms with Crippen LogP contribution in [-0.2, 0) is 6.54 Å². The summed E-state index contributed by atoms with van der Waals surface area (Å²) >= 11 is 0. The molecular weight excluding hydrogens is 204 g/mol. The zero-order valence-corrected chi connectivity index (χ0v) is 10.7. The molecule has 0 aliphatic carbocycles. The highest BCUT2D eigenvalue weighted by atomic mass is 16.6. The number of aromatic nitrogens is 2. The molecular formula is C11H22N4O. The topological polar surface area (TPSA) is 54.2 Å². The van der Waals surface area contributed by atoms with Crippen molar-refractivity contribution in [2.75, 3.05) is 20.1 Å². The predicted octanol–water partition coefficient (Wildman–Crippen LogP) is 1.20. The van der Waals surface area contributed by atoms with Gasteiger partial charge < -0.3 is 10.2 Å². The fourth-order valence-electron chi connectivity index (χ4n) is 1.40. The van der Waals surface area contributed by atoms with Crippen LogP contribution in [0.25, 0.3) is 0 Å².